The Labute approximate surface area is 441 Å². The van der Waals surface area contributed by atoms with Gasteiger partial charge in [0.15, 0.2) is 0 Å². The van der Waals surface area contributed by atoms with Crippen molar-refractivity contribution < 1.29 is 40.8 Å². The van der Waals surface area contributed by atoms with E-state index < -0.39 is 133 Å². The van der Waals surface area contributed by atoms with Crippen molar-refractivity contribution in [2.75, 3.05) is 0 Å². The van der Waals surface area contributed by atoms with Crippen molar-refractivity contribution in [1.29, 1.82) is 0 Å². The molecule has 70 heavy (non-hydrogen) atoms. The van der Waals surface area contributed by atoms with Crippen LogP contribution in [0.5, 0.6) is 11.5 Å². The van der Waals surface area contributed by atoms with Crippen molar-refractivity contribution in [3.63, 3.8) is 0 Å². The normalized spacial score (nSPS) is 16.5. The maximum absolute atomic E-state index is 9.37. The molecule has 0 aliphatic rings. The molecule has 0 saturated carbocycles. The van der Waals surface area contributed by atoms with Crippen molar-refractivity contribution in [2.45, 2.75) is 33.0 Å². The number of fused-ring (bicyclic) bond motifs is 4. The number of para-hydroxylation sites is 1. The first kappa shape index (κ1) is 24.5. The molecule has 0 unspecified atom stereocenters. The smallest absolute Gasteiger partial charge is 0.269 e. The third-order valence-corrected chi connectivity index (χ3v) is 12.0. The van der Waals surface area contributed by atoms with Gasteiger partial charge >= 0.3 is 0 Å². The standard InChI is InChI=1S/C65H50N4O/c1-44-36-63(66-42-58(44)48-26-15-8-16-27-48)69-59-31-18-17-30-54(59)55-34-33-53(41-61(55)69)70-52-29-19-28-51(40-52)67-43-68(60-35-32-49(37-62(60)67)45-20-9-5-10-21-45)64-56(46-22-11-6-12-23-46)38-50(65(2,3)4)39-57(64)47-24-13-7-14-25-47/h5-42H,1-4H3/i1D3,5D,6D,7D,8D,9D,10D,11D,12D,13D,14D,15D,16D,20D,21D,22D,23D,24D,25D,26D,27D. The molecule has 0 saturated heterocycles. The average Bonchev–Trinajstić information content (AvgIpc) is 1.72. The predicted octanol–water partition coefficient (Wildman–Crippen LogP) is 16.3. The molecule has 5 nitrogen and oxygen atoms in total. The highest BCUT2D eigenvalue weighted by molar-refractivity contribution is 6.09. The highest BCUT2D eigenvalue weighted by Gasteiger charge is 2.25. The van der Waals surface area contributed by atoms with Crippen molar-refractivity contribution in [1.82, 2.24) is 14.1 Å². The number of aromatic nitrogens is 4. The van der Waals surface area contributed by atoms with Crippen molar-refractivity contribution in [2.24, 2.45) is 0 Å². The number of ether oxygens (including phenoxy) is 1. The summed E-state index contributed by atoms with van der Waals surface area (Å²) < 4.78 is 213. The Morgan fingerprint density at radius 1 is 0.543 bits per heavy atom. The molecule has 5 heteroatoms. The molecule has 0 atom stereocenters. The van der Waals surface area contributed by atoms with Crippen LogP contribution in [-0.2, 0) is 5.41 Å². The van der Waals surface area contributed by atoms with Gasteiger partial charge in [-0.15, -0.1) is 0 Å². The maximum atomic E-state index is 9.37. The summed E-state index contributed by atoms with van der Waals surface area (Å²) in [5.74, 6) is 0.602. The van der Waals surface area contributed by atoms with Gasteiger partial charge < -0.3 is 4.74 Å². The quantitative estimate of drug-likeness (QED) is 0.107. The molecule has 12 rings (SSSR count). The van der Waals surface area contributed by atoms with Crippen LogP contribution in [0.2, 0.25) is 0 Å². The summed E-state index contributed by atoms with van der Waals surface area (Å²) in [6, 6.07) is 15.8. The summed E-state index contributed by atoms with van der Waals surface area (Å²) in [7, 11) is 0. The van der Waals surface area contributed by atoms with Gasteiger partial charge in [-0.1, -0.05) is 190 Å². The zero-order valence-corrected chi connectivity index (χ0v) is 37.6. The molecule has 3 aromatic heterocycles. The van der Waals surface area contributed by atoms with E-state index in [0.29, 0.717) is 27.7 Å². The van der Waals surface area contributed by atoms with Crippen molar-refractivity contribution in [3.05, 3.63) is 248 Å². The van der Waals surface area contributed by atoms with E-state index in [2.05, 4.69) is 11.3 Å². The molecule has 0 radical (unpaired) electrons. The van der Waals surface area contributed by atoms with Gasteiger partial charge in [-0.3, -0.25) is 13.7 Å². The first-order valence-electron chi connectivity index (χ1n) is 33.5. The number of aryl methyl sites for hydroxylation is 1. The number of hydrogen-bond donors (Lipinski definition) is 0. The van der Waals surface area contributed by atoms with Crippen LogP contribution in [0.3, 0.4) is 0 Å². The lowest BCUT2D eigenvalue weighted by Crippen LogP contribution is -2.32. The molecular weight excluding hydrogens is 853 g/mol. The molecule has 0 bridgehead atoms. The molecular formula is C65H50N4O. The highest BCUT2D eigenvalue weighted by atomic mass is 16.5. The molecule has 9 aromatic carbocycles. The summed E-state index contributed by atoms with van der Waals surface area (Å²) in [4.78, 5) is 4.68. The van der Waals surface area contributed by atoms with Crippen LogP contribution >= 0.6 is 0 Å². The van der Waals surface area contributed by atoms with Gasteiger partial charge in [-0.2, -0.15) is 0 Å². The van der Waals surface area contributed by atoms with Gasteiger partial charge in [0, 0.05) is 32.7 Å². The zero-order valence-electron chi connectivity index (χ0n) is 60.6. The molecule has 12 aromatic rings. The molecule has 0 N–H and O–H groups in total. The summed E-state index contributed by atoms with van der Waals surface area (Å²) >= 11 is 0. The van der Waals surface area contributed by atoms with Crippen LogP contribution < -0.4 is 9.30 Å². The molecule has 0 amide bonds. The highest BCUT2D eigenvalue weighted by Crippen LogP contribution is 2.40. The largest absolute Gasteiger partial charge is 0.458 e. The minimum atomic E-state index is -2.87. The Hall–Kier alpha value is -8.80. The number of pyridine rings is 1. The average molecular weight is 926 g/mol. The number of benzene rings is 9. The topological polar surface area (TPSA) is 35.9 Å². The Kier molecular flexibility index (Phi) is 6.07. The van der Waals surface area contributed by atoms with E-state index in [1.54, 1.807) is 81.9 Å². The zero-order chi connectivity index (χ0) is 67.3. The molecule has 0 aliphatic heterocycles. The van der Waals surface area contributed by atoms with E-state index in [9.17, 15) is 5.48 Å². The van der Waals surface area contributed by atoms with Crippen LogP contribution in [0.25, 0.3) is 94.5 Å². The number of imidazole rings is 1. The van der Waals surface area contributed by atoms with Gasteiger partial charge in [-0.25, -0.2) is 4.98 Å². The van der Waals surface area contributed by atoms with E-state index in [-0.39, 0.29) is 84.1 Å². The van der Waals surface area contributed by atoms with E-state index in [1.165, 1.54) is 22.9 Å². The van der Waals surface area contributed by atoms with Gasteiger partial charge in [0.05, 0.1) is 60.9 Å². The van der Waals surface area contributed by atoms with Crippen LogP contribution in [0.4, 0.5) is 0 Å². The summed E-state index contributed by atoms with van der Waals surface area (Å²) in [5, 5.41) is 1.45. The molecule has 336 valence electrons. The number of nitrogens with zero attached hydrogens (tertiary/aromatic N) is 4. The van der Waals surface area contributed by atoms with Crippen molar-refractivity contribution >= 4 is 32.8 Å². The second kappa shape index (κ2) is 17.4. The molecule has 3 heterocycles. The Morgan fingerprint density at radius 3 is 1.81 bits per heavy atom. The summed E-state index contributed by atoms with van der Waals surface area (Å²) in [5.41, 5.74) is 0.0521. The lowest BCUT2D eigenvalue weighted by molar-refractivity contribution is -0.571. The third kappa shape index (κ3) is 7.72. The lowest BCUT2D eigenvalue weighted by atomic mass is 9.82. The molecule has 0 aliphatic carbocycles. The van der Waals surface area contributed by atoms with Gasteiger partial charge in [0.1, 0.15) is 17.3 Å². The Bertz CT molecular complexity index is 5030. The predicted molar refractivity (Wildman–Crippen MR) is 287 cm³/mol. The number of rotatable bonds is 9. The van der Waals surface area contributed by atoms with Gasteiger partial charge in [0.25, 0.3) is 6.33 Å². The third-order valence-electron chi connectivity index (χ3n) is 12.0. The number of hydrogen-bond acceptors (Lipinski definition) is 2. The summed E-state index contributed by atoms with van der Waals surface area (Å²) in [6.07, 6.45) is 4.56. The maximum Gasteiger partial charge on any atom is 0.269 e. The SMILES string of the molecule is [2H]c1c([2H])c([2H])c(-c2ccc3c(c2)n(-c2cccc(Oc4ccc5c6ccccc6n(-c6cc(C([2H])([2H])[2H])c(-c7c([2H])c([2H])c([2H])c([2H])c7[2H])cn6)c5c4)c2)[c-][n+]3-c2c(-c3c([2H])c([2H])c([2H])c([2H])c3[2H])cc(C(C)(C)C)cc2-c2c([2H])c([2H])c([2H])c([2H])c2[2H])c([2H])c1[2H]. The first-order chi connectivity index (χ1) is 43.7. The van der Waals surface area contributed by atoms with Gasteiger partial charge in [0.2, 0.25) is 0 Å². The first-order valence-corrected chi connectivity index (χ1v) is 22.0. The molecule has 0 spiro atoms. The van der Waals surface area contributed by atoms with E-state index >= 15 is 0 Å². The fourth-order valence-electron chi connectivity index (χ4n) is 8.71. The van der Waals surface area contributed by atoms with E-state index in [1.807, 2.05) is 39.0 Å². The molecule has 0 fully saturated rings. The monoisotopic (exact) mass is 926 g/mol. The minimum Gasteiger partial charge on any atom is -0.458 e. The summed E-state index contributed by atoms with van der Waals surface area (Å²) in [6.45, 7) is 2.69. The fraction of sp³-hybridized carbons (Fsp3) is 0.0769. The Balaban J connectivity index is 1.10. The van der Waals surface area contributed by atoms with Crippen LogP contribution in [0.1, 0.15) is 63.4 Å². The fourth-order valence-corrected chi connectivity index (χ4v) is 8.71. The van der Waals surface area contributed by atoms with Gasteiger partial charge in [-0.05, 0) is 111 Å². The van der Waals surface area contributed by atoms with Crippen LogP contribution in [-0.4, -0.2) is 14.1 Å². The Morgan fingerprint density at radius 2 is 1.16 bits per heavy atom. The second-order valence-electron chi connectivity index (χ2n) is 17.4. The van der Waals surface area contributed by atoms with Crippen LogP contribution in [0, 0.1) is 13.2 Å². The van der Waals surface area contributed by atoms with E-state index in [4.69, 9.17) is 30.8 Å². The lowest BCUT2D eigenvalue weighted by Gasteiger charge is -2.25. The second-order valence-corrected chi connectivity index (χ2v) is 17.4. The van der Waals surface area contributed by atoms with Crippen molar-refractivity contribution in [3.8, 4) is 73.2 Å². The van der Waals surface area contributed by atoms with E-state index in [0.717, 1.165) is 5.39 Å². The minimum absolute atomic E-state index is 0.0177. The van der Waals surface area contributed by atoms with Crippen LogP contribution in [0.15, 0.2) is 230 Å².